The predicted octanol–water partition coefficient (Wildman–Crippen LogP) is 2.30. The van der Waals surface area contributed by atoms with Gasteiger partial charge < -0.3 is 14.8 Å². The summed E-state index contributed by atoms with van der Waals surface area (Å²) in [6, 6.07) is 9.79. The molecule has 0 atom stereocenters. The van der Waals surface area contributed by atoms with Gasteiger partial charge in [-0.25, -0.2) is 0 Å². The van der Waals surface area contributed by atoms with E-state index in [-0.39, 0.29) is 16.5 Å². The second-order valence-electron chi connectivity index (χ2n) is 5.68. The van der Waals surface area contributed by atoms with Gasteiger partial charge in [0, 0.05) is 38.1 Å². The number of piperazine rings is 1. The predicted molar refractivity (Wildman–Crippen MR) is 91.4 cm³/mol. The van der Waals surface area contributed by atoms with Crippen LogP contribution < -0.4 is 10.5 Å². The zero-order chi connectivity index (χ0) is 16.4. The molecule has 1 fully saturated rings. The summed E-state index contributed by atoms with van der Waals surface area (Å²) in [4.78, 5) is 30.3. The van der Waals surface area contributed by atoms with Crippen LogP contribution in [0.15, 0.2) is 41.3 Å². The molecule has 1 amide bonds. The number of H-pyrrole nitrogens is 1. The normalized spacial score (nSPS) is 14.9. The van der Waals surface area contributed by atoms with Crippen molar-refractivity contribution in [3.8, 4) is 0 Å². The standard InChI is InChI=1S/C17H18ClN3O2/c1-12-3-2-4-14(9-12)20-5-7-21(8-6-20)17(23)13-10-15(18)16(22)19-11-13/h2-4,9-11H,5-8H2,1H3,(H,19,22). The summed E-state index contributed by atoms with van der Waals surface area (Å²) in [6.45, 7) is 4.93. The fourth-order valence-electron chi connectivity index (χ4n) is 2.75. The van der Waals surface area contributed by atoms with Crippen molar-refractivity contribution in [1.29, 1.82) is 0 Å². The number of aromatic nitrogens is 1. The molecule has 0 bridgehead atoms. The van der Waals surface area contributed by atoms with Crippen molar-refractivity contribution in [2.45, 2.75) is 6.92 Å². The molecular formula is C17H18ClN3O2. The molecular weight excluding hydrogens is 314 g/mol. The monoisotopic (exact) mass is 331 g/mol. The highest BCUT2D eigenvalue weighted by molar-refractivity contribution is 6.30. The van der Waals surface area contributed by atoms with Gasteiger partial charge in [-0.3, -0.25) is 9.59 Å². The molecule has 1 aromatic heterocycles. The lowest BCUT2D eigenvalue weighted by Gasteiger charge is -2.36. The summed E-state index contributed by atoms with van der Waals surface area (Å²) in [7, 11) is 0. The number of halogens is 1. The Balaban J connectivity index is 1.67. The molecule has 0 spiro atoms. The van der Waals surface area contributed by atoms with E-state index in [1.165, 1.54) is 23.5 Å². The van der Waals surface area contributed by atoms with Crippen LogP contribution >= 0.6 is 11.6 Å². The molecule has 120 valence electrons. The zero-order valence-corrected chi connectivity index (χ0v) is 13.6. The van der Waals surface area contributed by atoms with E-state index in [1.807, 2.05) is 6.07 Å². The minimum absolute atomic E-state index is 0.0363. The minimum Gasteiger partial charge on any atom is -0.368 e. The number of nitrogens with one attached hydrogen (secondary N) is 1. The van der Waals surface area contributed by atoms with Gasteiger partial charge in [0.05, 0.1) is 5.56 Å². The zero-order valence-electron chi connectivity index (χ0n) is 12.9. The van der Waals surface area contributed by atoms with Crippen molar-refractivity contribution in [2.75, 3.05) is 31.1 Å². The summed E-state index contributed by atoms with van der Waals surface area (Å²) in [5, 5.41) is 0.0363. The van der Waals surface area contributed by atoms with E-state index in [1.54, 1.807) is 4.90 Å². The van der Waals surface area contributed by atoms with Crippen LogP contribution in [0.2, 0.25) is 5.02 Å². The van der Waals surface area contributed by atoms with Gasteiger partial charge in [0.15, 0.2) is 0 Å². The fraction of sp³-hybridized carbons (Fsp3) is 0.294. The van der Waals surface area contributed by atoms with E-state index in [9.17, 15) is 9.59 Å². The summed E-state index contributed by atoms with van der Waals surface area (Å²) in [5.74, 6) is -0.105. The van der Waals surface area contributed by atoms with E-state index in [4.69, 9.17) is 11.6 Å². The highest BCUT2D eigenvalue weighted by atomic mass is 35.5. The maximum absolute atomic E-state index is 12.5. The molecule has 1 N–H and O–H groups in total. The van der Waals surface area contributed by atoms with E-state index < -0.39 is 0 Å². The first-order valence-electron chi connectivity index (χ1n) is 7.54. The minimum atomic E-state index is -0.382. The third-order valence-electron chi connectivity index (χ3n) is 4.04. The van der Waals surface area contributed by atoms with Gasteiger partial charge >= 0.3 is 0 Å². The van der Waals surface area contributed by atoms with E-state index in [2.05, 4.69) is 35.0 Å². The lowest BCUT2D eigenvalue weighted by molar-refractivity contribution is 0.0746. The second kappa shape index (κ2) is 6.46. The Hall–Kier alpha value is -2.27. The maximum atomic E-state index is 12.5. The number of amides is 1. The topological polar surface area (TPSA) is 56.4 Å². The smallest absolute Gasteiger partial charge is 0.266 e. The molecule has 1 aromatic carbocycles. The van der Waals surface area contributed by atoms with Crippen LogP contribution in [-0.2, 0) is 0 Å². The number of aryl methyl sites for hydroxylation is 1. The third-order valence-corrected chi connectivity index (χ3v) is 4.32. The molecule has 0 unspecified atom stereocenters. The molecule has 1 aliphatic heterocycles. The number of hydrogen-bond acceptors (Lipinski definition) is 3. The Morgan fingerprint density at radius 1 is 1.17 bits per heavy atom. The fourth-order valence-corrected chi connectivity index (χ4v) is 2.93. The Morgan fingerprint density at radius 3 is 2.57 bits per heavy atom. The van der Waals surface area contributed by atoms with Crippen LogP contribution in [0, 0.1) is 6.92 Å². The number of anilines is 1. The number of nitrogens with zero attached hydrogens (tertiary/aromatic N) is 2. The number of pyridine rings is 1. The molecule has 2 heterocycles. The van der Waals surface area contributed by atoms with Gasteiger partial charge in [-0.1, -0.05) is 23.7 Å². The van der Waals surface area contributed by atoms with Gasteiger partial charge in [0.25, 0.3) is 11.5 Å². The van der Waals surface area contributed by atoms with E-state index in [0.717, 1.165) is 13.1 Å². The Bertz CT molecular complexity index is 779. The van der Waals surface area contributed by atoms with E-state index in [0.29, 0.717) is 18.7 Å². The number of aromatic amines is 1. The van der Waals surface area contributed by atoms with Crippen LogP contribution in [0.3, 0.4) is 0 Å². The Morgan fingerprint density at radius 2 is 1.91 bits per heavy atom. The highest BCUT2D eigenvalue weighted by Crippen LogP contribution is 2.18. The first-order chi connectivity index (χ1) is 11.0. The molecule has 5 nitrogen and oxygen atoms in total. The first kappa shape index (κ1) is 15.6. The van der Waals surface area contributed by atoms with Gasteiger partial charge in [0.2, 0.25) is 0 Å². The Kier molecular flexibility index (Phi) is 4.39. The largest absolute Gasteiger partial charge is 0.368 e. The van der Waals surface area contributed by atoms with Crippen molar-refractivity contribution in [1.82, 2.24) is 9.88 Å². The van der Waals surface area contributed by atoms with Gasteiger partial charge in [-0.05, 0) is 30.7 Å². The molecule has 1 aliphatic rings. The van der Waals surface area contributed by atoms with Crippen molar-refractivity contribution in [2.24, 2.45) is 0 Å². The lowest BCUT2D eigenvalue weighted by Crippen LogP contribution is -2.48. The van der Waals surface area contributed by atoms with Crippen LogP contribution in [0.25, 0.3) is 0 Å². The number of rotatable bonds is 2. The molecule has 0 aliphatic carbocycles. The maximum Gasteiger partial charge on any atom is 0.266 e. The van der Waals surface area contributed by atoms with Gasteiger partial charge in [-0.15, -0.1) is 0 Å². The highest BCUT2D eigenvalue weighted by Gasteiger charge is 2.22. The SMILES string of the molecule is Cc1cccc(N2CCN(C(=O)c3c[nH]c(=O)c(Cl)c3)CC2)c1. The number of carbonyl (C=O) groups excluding carboxylic acids is 1. The van der Waals surface area contributed by atoms with E-state index >= 15 is 0 Å². The molecule has 3 rings (SSSR count). The summed E-state index contributed by atoms with van der Waals surface area (Å²) in [5.41, 5.74) is 2.44. The van der Waals surface area contributed by atoms with Crippen LogP contribution in [0.4, 0.5) is 5.69 Å². The quantitative estimate of drug-likeness (QED) is 0.918. The second-order valence-corrected chi connectivity index (χ2v) is 6.09. The average Bonchev–Trinajstić information content (AvgIpc) is 2.57. The van der Waals surface area contributed by atoms with Crippen molar-refractivity contribution in [3.63, 3.8) is 0 Å². The third kappa shape index (κ3) is 3.40. The Labute approximate surface area is 139 Å². The van der Waals surface area contributed by atoms with Crippen molar-refractivity contribution < 1.29 is 4.79 Å². The summed E-state index contributed by atoms with van der Waals surface area (Å²) in [6.07, 6.45) is 1.42. The lowest BCUT2D eigenvalue weighted by atomic mass is 10.1. The molecule has 1 saturated heterocycles. The summed E-state index contributed by atoms with van der Waals surface area (Å²) < 4.78 is 0. The molecule has 2 aromatic rings. The van der Waals surface area contributed by atoms with Crippen molar-refractivity contribution >= 4 is 23.2 Å². The van der Waals surface area contributed by atoms with Crippen LogP contribution in [0.1, 0.15) is 15.9 Å². The number of carbonyl (C=O) groups is 1. The van der Waals surface area contributed by atoms with Gasteiger partial charge in [0.1, 0.15) is 5.02 Å². The van der Waals surface area contributed by atoms with Crippen LogP contribution in [-0.4, -0.2) is 42.0 Å². The van der Waals surface area contributed by atoms with Crippen molar-refractivity contribution in [3.05, 3.63) is 63.0 Å². The molecule has 0 saturated carbocycles. The number of hydrogen-bond donors (Lipinski definition) is 1. The first-order valence-corrected chi connectivity index (χ1v) is 7.91. The molecule has 6 heteroatoms. The number of benzene rings is 1. The molecule has 0 radical (unpaired) electrons. The van der Waals surface area contributed by atoms with Gasteiger partial charge in [-0.2, -0.15) is 0 Å². The average molecular weight is 332 g/mol. The molecule has 23 heavy (non-hydrogen) atoms. The summed E-state index contributed by atoms with van der Waals surface area (Å²) >= 11 is 5.79. The van der Waals surface area contributed by atoms with Crippen LogP contribution in [0.5, 0.6) is 0 Å².